The fourth-order valence-electron chi connectivity index (χ4n) is 2.55. The number of carbonyl (C=O) groups excluding carboxylic acids is 1. The number of aromatic amines is 1. The molecular formula is C18H25N3O. The molecule has 1 aromatic heterocycles. The summed E-state index contributed by atoms with van der Waals surface area (Å²) in [6.07, 6.45) is 1.89. The van der Waals surface area contributed by atoms with E-state index < -0.39 is 0 Å². The molecular weight excluding hydrogens is 274 g/mol. The van der Waals surface area contributed by atoms with Gasteiger partial charge in [-0.05, 0) is 30.4 Å². The Labute approximate surface area is 132 Å². The van der Waals surface area contributed by atoms with Crippen molar-refractivity contribution in [1.82, 2.24) is 15.5 Å². The number of hydrogen-bond acceptors (Lipinski definition) is 2. The average Bonchev–Trinajstić information content (AvgIpc) is 2.96. The van der Waals surface area contributed by atoms with Crippen molar-refractivity contribution in [2.75, 3.05) is 6.54 Å². The molecule has 1 heterocycles. The fourth-order valence-corrected chi connectivity index (χ4v) is 2.55. The van der Waals surface area contributed by atoms with Crippen LogP contribution in [0, 0.1) is 5.92 Å². The van der Waals surface area contributed by atoms with Gasteiger partial charge >= 0.3 is 0 Å². The molecule has 4 heteroatoms. The van der Waals surface area contributed by atoms with Crippen LogP contribution in [0.5, 0.6) is 0 Å². The zero-order valence-corrected chi connectivity index (χ0v) is 13.6. The van der Waals surface area contributed by atoms with Gasteiger partial charge in [0.1, 0.15) is 5.69 Å². The van der Waals surface area contributed by atoms with Gasteiger partial charge in [0.2, 0.25) is 0 Å². The van der Waals surface area contributed by atoms with Crippen molar-refractivity contribution in [3.63, 3.8) is 0 Å². The van der Waals surface area contributed by atoms with Crippen LogP contribution in [0.3, 0.4) is 0 Å². The van der Waals surface area contributed by atoms with Crippen LogP contribution in [0.15, 0.2) is 36.4 Å². The van der Waals surface area contributed by atoms with Gasteiger partial charge in [0, 0.05) is 18.2 Å². The number of benzene rings is 1. The van der Waals surface area contributed by atoms with Gasteiger partial charge in [-0.1, -0.05) is 51.1 Å². The first-order chi connectivity index (χ1) is 10.6. The number of aromatic nitrogens is 2. The number of H-pyrrole nitrogens is 1. The predicted octanol–water partition coefficient (Wildman–Crippen LogP) is 3.53. The van der Waals surface area contributed by atoms with Gasteiger partial charge in [-0.3, -0.25) is 9.89 Å². The first-order valence-corrected chi connectivity index (χ1v) is 7.97. The molecule has 0 radical (unpaired) electrons. The van der Waals surface area contributed by atoms with Gasteiger partial charge < -0.3 is 5.32 Å². The molecule has 1 amide bonds. The molecule has 4 nitrogen and oxygen atoms in total. The maximum Gasteiger partial charge on any atom is 0.271 e. The van der Waals surface area contributed by atoms with E-state index in [0.29, 0.717) is 24.1 Å². The molecule has 0 aliphatic rings. The molecule has 0 aliphatic heterocycles. The molecule has 0 spiro atoms. The first kappa shape index (κ1) is 16.3. The summed E-state index contributed by atoms with van der Waals surface area (Å²) in [4.78, 5) is 12.2. The van der Waals surface area contributed by atoms with E-state index in [0.717, 1.165) is 18.5 Å². The highest BCUT2D eigenvalue weighted by Crippen LogP contribution is 2.18. The monoisotopic (exact) mass is 299 g/mol. The molecule has 0 saturated carbocycles. The Bertz CT molecular complexity index is 589. The van der Waals surface area contributed by atoms with Crippen molar-refractivity contribution in [3.8, 4) is 0 Å². The van der Waals surface area contributed by atoms with E-state index in [1.54, 1.807) is 0 Å². The molecule has 2 N–H and O–H groups in total. The summed E-state index contributed by atoms with van der Waals surface area (Å²) in [7, 11) is 0. The molecule has 22 heavy (non-hydrogen) atoms. The summed E-state index contributed by atoms with van der Waals surface area (Å²) in [5.41, 5.74) is 2.74. The van der Waals surface area contributed by atoms with Gasteiger partial charge in [-0.2, -0.15) is 5.10 Å². The minimum Gasteiger partial charge on any atom is -0.350 e. The van der Waals surface area contributed by atoms with Crippen LogP contribution in [0.25, 0.3) is 0 Å². The van der Waals surface area contributed by atoms with Gasteiger partial charge in [-0.15, -0.1) is 0 Å². The van der Waals surface area contributed by atoms with Gasteiger partial charge in [0.25, 0.3) is 5.91 Å². The fraction of sp³-hybridized carbons (Fsp3) is 0.444. The third-order valence-electron chi connectivity index (χ3n) is 3.76. The lowest BCUT2D eigenvalue weighted by Crippen LogP contribution is -2.28. The average molecular weight is 299 g/mol. The Balaban J connectivity index is 1.92. The summed E-state index contributed by atoms with van der Waals surface area (Å²) in [5, 5.41) is 10.0. The van der Waals surface area contributed by atoms with Crippen LogP contribution in [-0.2, 0) is 6.42 Å². The Hall–Kier alpha value is -2.10. The van der Waals surface area contributed by atoms with Crippen molar-refractivity contribution >= 4 is 5.91 Å². The second kappa shape index (κ2) is 7.78. The van der Waals surface area contributed by atoms with Crippen molar-refractivity contribution < 1.29 is 4.79 Å². The number of amides is 1. The minimum absolute atomic E-state index is 0.111. The maximum atomic E-state index is 12.2. The Kier molecular flexibility index (Phi) is 5.75. The standard InChI is InChI=1S/C18H25N3O/c1-4-14(15-8-6-5-7-9-15)12-19-18(22)17-11-16(20-21-17)10-13(2)3/h5-9,11,13-14H,4,10,12H2,1-3H3,(H,19,22)(H,20,21). The van der Waals surface area contributed by atoms with E-state index in [1.165, 1.54) is 5.56 Å². The quantitative estimate of drug-likeness (QED) is 0.821. The summed E-state index contributed by atoms with van der Waals surface area (Å²) < 4.78 is 0. The second-order valence-electron chi connectivity index (χ2n) is 6.10. The zero-order chi connectivity index (χ0) is 15.9. The molecule has 0 fully saturated rings. The van der Waals surface area contributed by atoms with Crippen LogP contribution in [0.2, 0.25) is 0 Å². The van der Waals surface area contributed by atoms with Gasteiger partial charge in [0.05, 0.1) is 0 Å². The van der Waals surface area contributed by atoms with Gasteiger partial charge in [0.15, 0.2) is 0 Å². The summed E-state index contributed by atoms with van der Waals surface area (Å²) in [6, 6.07) is 12.1. The highest BCUT2D eigenvalue weighted by molar-refractivity contribution is 5.92. The molecule has 1 atom stereocenters. The predicted molar refractivity (Wildman–Crippen MR) is 88.9 cm³/mol. The molecule has 0 aliphatic carbocycles. The minimum atomic E-state index is -0.111. The molecule has 118 valence electrons. The summed E-state index contributed by atoms with van der Waals surface area (Å²) in [6.45, 7) is 7.06. The Morgan fingerprint density at radius 3 is 2.64 bits per heavy atom. The number of nitrogens with zero attached hydrogens (tertiary/aromatic N) is 1. The smallest absolute Gasteiger partial charge is 0.271 e. The maximum absolute atomic E-state index is 12.2. The summed E-state index contributed by atoms with van der Waals surface area (Å²) in [5.74, 6) is 0.763. The van der Waals surface area contributed by atoms with E-state index in [2.05, 4.69) is 48.4 Å². The summed E-state index contributed by atoms with van der Waals surface area (Å²) >= 11 is 0. The highest BCUT2D eigenvalue weighted by atomic mass is 16.1. The van der Waals surface area contributed by atoms with E-state index in [9.17, 15) is 4.79 Å². The molecule has 0 bridgehead atoms. The Morgan fingerprint density at radius 1 is 1.27 bits per heavy atom. The largest absolute Gasteiger partial charge is 0.350 e. The van der Waals surface area contributed by atoms with E-state index in [-0.39, 0.29) is 5.91 Å². The first-order valence-electron chi connectivity index (χ1n) is 7.97. The van der Waals surface area contributed by atoms with Crippen LogP contribution in [0.1, 0.15) is 54.9 Å². The molecule has 2 rings (SSSR count). The number of nitrogens with one attached hydrogen (secondary N) is 2. The molecule has 1 unspecified atom stereocenters. The van der Waals surface area contributed by atoms with Crippen LogP contribution >= 0.6 is 0 Å². The third kappa shape index (κ3) is 4.45. The van der Waals surface area contributed by atoms with Crippen molar-refractivity contribution in [1.29, 1.82) is 0 Å². The SMILES string of the molecule is CCC(CNC(=O)c1cc(CC(C)C)[nH]n1)c1ccccc1. The topological polar surface area (TPSA) is 57.8 Å². The van der Waals surface area contributed by atoms with Crippen LogP contribution in [-0.4, -0.2) is 22.6 Å². The zero-order valence-electron chi connectivity index (χ0n) is 13.6. The highest BCUT2D eigenvalue weighted by Gasteiger charge is 2.14. The van der Waals surface area contributed by atoms with E-state index >= 15 is 0 Å². The van der Waals surface area contributed by atoms with Crippen LogP contribution < -0.4 is 5.32 Å². The molecule has 1 aromatic carbocycles. The van der Waals surface area contributed by atoms with E-state index in [1.807, 2.05) is 24.3 Å². The van der Waals surface area contributed by atoms with Crippen molar-refractivity contribution in [3.05, 3.63) is 53.3 Å². The lowest BCUT2D eigenvalue weighted by molar-refractivity contribution is 0.0946. The lowest BCUT2D eigenvalue weighted by atomic mass is 9.96. The van der Waals surface area contributed by atoms with Crippen LogP contribution in [0.4, 0.5) is 0 Å². The number of hydrogen-bond donors (Lipinski definition) is 2. The van der Waals surface area contributed by atoms with Gasteiger partial charge in [-0.25, -0.2) is 0 Å². The Morgan fingerprint density at radius 2 is 2.00 bits per heavy atom. The number of carbonyl (C=O) groups is 1. The third-order valence-corrected chi connectivity index (χ3v) is 3.76. The number of rotatable bonds is 7. The van der Waals surface area contributed by atoms with E-state index in [4.69, 9.17) is 0 Å². The lowest BCUT2D eigenvalue weighted by Gasteiger charge is -2.15. The van der Waals surface area contributed by atoms with Crippen molar-refractivity contribution in [2.45, 2.75) is 39.5 Å². The molecule has 2 aromatic rings. The normalized spacial score (nSPS) is 12.4. The second-order valence-corrected chi connectivity index (χ2v) is 6.10. The molecule has 0 saturated heterocycles. The van der Waals surface area contributed by atoms with Crippen molar-refractivity contribution in [2.24, 2.45) is 5.92 Å².